The predicted octanol–water partition coefficient (Wildman–Crippen LogP) is 11.4. The molecule has 2 rings (SSSR count). The zero-order valence-electron chi connectivity index (χ0n) is 25.0. The summed E-state index contributed by atoms with van der Waals surface area (Å²) >= 11 is 0. The van der Waals surface area contributed by atoms with Crippen LogP contribution in [0.3, 0.4) is 0 Å². The Kier molecular flexibility index (Phi) is 22.3. The largest absolute Gasteiger partial charge is 0.378 e. The lowest BCUT2D eigenvalue weighted by Crippen LogP contribution is -2.14. The Labute approximate surface area is 233 Å². The second kappa shape index (κ2) is 24.9. The molecule has 2 heteroatoms. The molecule has 2 saturated carbocycles. The third kappa shape index (κ3) is 19.6. The molecular weight excluding hydrogens is 452 g/mol. The van der Waals surface area contributed by atoms with Crippen molar-refractivity contribution in [2.45, 2.75) is 192 Å². The number of rotatable bonds is 23. The molecule has 0 aliphatic heterocycles. The van der Waals surface area contributed by atoms with Crippen molar-refractivity contribution >= 4 is 0 Å². The molecule has 3 atom stereocenters. The Morgan fingerprint density at radius 1 is 0.486 bits per heavy atom. The number of unbranched alkanes of at least 4 members (excludes halogenated alkanes) is 15. The van der Waals surface area contributed by atoms with Crippen molar-refractivity contribution in [3.63, 3.8) is 0 Å². The van der Waals surface area contributed by atoms with Gasteiger partial charge in [0.1, 0.15) is 0 Å². The quantitative estimate of drug-likeness (QED) is 0.0988. The van der Waals surface area contributed by atoms with E-state index in [4.69, 9.17) is 9.47 Å². The molecule has 2 fully saturated rings. The van der Waals surface area contributed by atoms with E-state index in [9.17, 15) is 0 Å². The number of hydrogen-bond acceptors (Lipinski definition) is 2. The van der Waals surface area contributed by atoms with Crippen molar-refractivity contribution in [2.24, 2.45) is 5.92 Å². The molecule has 0 amide bonds. The average Bonchev–Trinajstić information content (AvgIpc) is 3.31. The first-order valence-electron chi connectivity index (χ1n) is 17.2. The maximum atomic E-state index is 6.32. The molecule has 0 bridgehead atoms. The highest BCUT2D eigenvalue weighted by atomic mass is 16.5. The zero-order valence-corrected chi connectivity index (χ0v) is 25.0. The van der Waals surface area contributed by atoms with Crippen molar-refractivity contribution < 1.29 is 9.47 Å². The summed E-state index contributed by atoms with van der Waals surface area (Å²) < 4.78 is 12.5. The lowest BCUT2D eigenvalue weighted by atomic mass is 9.95. The molecule has 3 unspecified atom stereocenters. The smallest absolute Gasteiger partial charge is 0.0575 e. The van der Waals surface area contributed by atoms with Gasteiger partial charge in [-0.3, -0.25) is 0 Å². The molecule has 2 nitrogen and oxygen atoms in total. The zero-order chi connectivity index (χ0) is 26.1. The van der Waals surface area contributed by atoms with Gasteiger partial charge in [0, 0.05) is 13.2 Å². The molecule has 0 aromatic heterocycles. The van der Waals surface area contributed by atoms with E-state index < -0.39 is 0 Å². The standard InChI is InChI=1S/C35H66O2/c1-2-3-4-5-6-7-8-9-10-11-12-13-14-15-18-21-31-36-35-28-22-24-33(29-30-35)25-23-32-37-34-26-19-16-17-20-27-34/h16,33-35H,1-15,17-32H2. The lowest BCUT2D eigenvalue weighted by molar-refractivity contribution is 0.0367. The molecule has 0 spiro atoms. The van der Waals surface area contributed by atoms with Crippen molar-refractivity contribution in [3.05, 3.63) is 13.3 Å². The molecule has 0 aromatic carbocycles. The van der Waals surface area contributed by atoms with Crippen LogP contribution in [0.5, 0.6) is 0 Å². The van der Waals surface area contributed by atoms with Crippen LogP contribution in [0.2, 0.25) is 0 Å². The lowest BCUT2D eigenvalue weighted by Gasteiger charge is -2.18. The minimum atomic E-state index is 0.536. The van der Waals surface area contributed by atoms with Crippen molar-refractivity contribution in [1.29, 1.82) is 0 Å². The maximum absolute atomic E-state index is 6.32. The van der Waals surface area contributed by atoms with E-state index in [0.717, 1.165) is 25.6 Å². The normalized spacial score (nSPS) is 21.6. The van der Waals surface area contributed by atoms with Gasteiger partial charge in [-0.25, -0.2) is 0 Å². The summed E-state index contributed by atoms with van der Waals surface area (Å²) in [6, 6.07) is 0. The second-order valence-corrected chi connectivity index (χ2v) is 12.5. The summed E-state index contributed by atoms with van der Waals surface area (Å²) in [4.78, 5) is 0. The number of hydrogen-bond donors (Lipinski definition) is 0. The van der Waals surface area contributed by atoms with Crippen LogP contribution in [0.15, 0.2) is 0 Å². The summed E-state index contributed by atoms with van der Waals surface area (Å²) in [5, 5.41) is 0. The molecular formula is C35H66O2. The topological polar surface area (TPSA) is 18.5 Å². The van der Waals surface area contributed by atoms with Crippen LogP contribution in [-0.2, 0) is 9.47 Å². The molecule has 37 heavy (non-hydrogen) atoms. The van der Waals surface area contributed by atoms with Gasteiger partial charge in [-0.2, -0.15) is 0 Å². The maximum Gasteiger partial charge on any atom is 0.0575 e. The minimum absolute atomic E-state index is 0.536. The van der Waals surface area contributed by atoms with E-state index in [1.54, 1.807) is 0 Å². The van der Waals surface area contributed by atoms with Gasteiger partial charge in [-0.15, -0.1) is 0 Å². The highest BCUT2D eigenvalue weighted by Gasteiger charge is 2.19. The van der Waals surface area contributed by atoms with Crippen LogP contribution in [0.4, 0.5) is 0 Å². The second-order valence-electron chi connectivity index (χ2n) is 12.5. The highest BCUT2D eigenvalue weighted by molar-refractivity contribution is 4.75. The van der Waals surface area contributed by atoms with Crippen LogP contribution in [-0.4, -0.2) is 25.4 Å². The van der Waals surface area contributed by atoms with Crippen molar-refractivity contribution in [2.75, 3.05) is 13.2 Å². The van der Waals surface area contributed by atoms with Crippen LogP contribution in [0.25, 0.3) is 0 Å². The predicted molar refractivity (Wildman–Crippen MR) is 162 cm³/mol. The fourth-order valence-electron chi connectivity index (χ4n) is 6.50. The van der Waals surface area contributed by atoms with Gasteiger partial charge in [-0.1, -0.05) is 129 Å². The number of ether oxygens (including phenoxy) is 2. The monoisotopic (exact) mass is 519 g/mol. The van der Waals surface area contributed by atoms with E-state index >= 15 is 0 Å². The molecule has 2 aliphatic carbocycles. The Hall–Kier alpha value is -0.0800. The Balaban J connectivity index is 1.30. The third-order valence-corrected chi connectivity index (χ3v) is 9.02. The van der Waals surface area contributed by atoms with Crippen LogP contribution >= 0.6 is 0 Å². The Morgan fingerprint density at radius 3 is 1.68 bits per heavy atom. The van der Waals surface area contributed by atoms with Crippen molar-refractivity contribution in [1.82, 2.24) is 0 Å². The van der Waals surface area contributed by atoms with Gasteiger partial charge in [0.2, 0.25) is 0 Å². The van der Waals surface area contributed by atoms with Crippen LogP contribution < -0.4 is 0 Å². The first-order valence-corrected chi connectivity index (χ1v) is 17.2. The van der Waals surface area contributed by atoms with Gasteiger partial charge in [0.25, 0.3) is 0 Å². The van der Waals surface area contributed by atoms with E-state index in [1.165, 1.54) is 173 Å². The molecule has 2 radical (unpaired) electrons. The summed E-state index contributed by atoms with van der Waals surface area (Å²) in [6.07, 6.45) is 41.7. The van der Waals surface area contributed by atoms with Crippen LogP contribution in [0.1, 0.15) is 180 Å². The molecule has 0 heterocycles. The fourth-order valence-corrected chi connectivity index (χ4v) is 6.50. The molecule has 0 saturated heterocycles. The first kappa shape index (κ1) is 33.1. The SMILES string of the molecule is [CH2]CCCCCCCCCCCCCCCCCOC1CCCC(CCCOC2CC[CH]CCC2)CC1. The third-order valence-electron chi connectivity index (χ3n) is 9.02. The summed E-state index contributed by atoms with van der Waals surface area (Å²) in [6.45, 7) is 5.91. The first-order chi connectivity index (χ1) is 18.4. The highest BCUT2D eigenvalue weighted by Crippen LogP contribution is 2.29. The molecule has 0 aromatic rings. The molecule has 2 aliphatic rings. The molecule has 0 N–H and O–H groups in total. The molecule has 218 valence electrons. The average molecular weight is 519 g/mol. The Bertz CT molecular complexity index is 456. The minimum Gasteiger partial charge on any atom is -0.378 e. The van der Waals surface area contributed by atoms with Gasteiger partial charge in [0.05, 0.1) is 12.2 Å². The van der Waals surface area contributed by atoms with Crippen LogP contribution in [0, 0.1) is 19.3 Å². The Morgan fingerprint density at radius 2 is 1.03 bits per heavy atom. The summed E-state index contributed by atoms with van der Waals surface area (Å²) in [5.74, 6) is 0.910. The van der Waals surface area contributed by atoms with E-state index in [0.29, 0.717) is 12.2 Å². The van der Waals surface area contributed by atoms with Crippen molar-refractivity contribution in [3.8, 4) is 0 Å². The summed E-state index contributed by atoms with van der Waals surface area (Å²) in [7, 11) is 0. The van der Waals surface area contributed by atoms with Gasteiger partial charge >= 0.3 is 0 Å². The fraction of sp³-hybridized carbons (Fsp3) is 0.943. The van der Waals surface area contributed by atoms with E-state index in [-0.39, 0.29) is 0 Å². The van der Waals surface area contributed by atoms with E-state index in [1.807, 2.05) is 0 Å². The summed E-state index contributed by atoms with van der Waals surface area (Å²) in [5.41, 5.74) is 0. The van der Waals surface area contributed by atoms with E-state index in [2.05, 4.69) is 13.3 Å². The van der Waals surface area contributed by atoms with Gasteiger partial charge in [-0.05, 0) is 70.1 Å². The van der Waals surface area contributed by atoms with Gasteiger partial charge in [0.15, 0.2) is 0 Å². The van der Waals surface area contributed by atoms with Gasteiger partial charge < -0.3 is 9.47 Å².